The molecule has 1 atom stereocenters. The number of ether oxygens (including phenoxy) is 3. The summed E-state index contributed by atoms with van der Waals surface area (Å²) in [5, 5.41) is 0. The van der Waals surface area contributed by atoms with Crippen molar-refractivity contribution >= 4 is 6.03 Å². The monoisotopic (exact) mass is 246 g/mol. The molecule has 1 saturated heterocycles. The zero-order valence-corrected chi connectivity index (χ0v) is 11.2. The van der Waals surface area contributed by atoms with Crippen LogP contribution in [0.3, 0.4) is 0 Å². The standard InChI is InChI=1S/C11H22N2O4/c1-11(2)6-12(7-15-3)10(14)13(8-16-4)9(11)17-5/h9H,6-8H2,1-5H3. The molecule has 0 N–H and O–H groups in total. The van der Waals surface area contributed by atoms with Crippen LogP contribution in [0.1, 0.15) is 13.8 Å². The summed E-state index contributed by atoms with van der Waals surface area (Å²) in [6.07, 6.45) is -0.289. The van der Waals surface area contributed by atoms with E-state index < -0.39 is 0 Å². The van der Waals surface area contributed by atoms with Crippen LogP contribution in [0, 0.1) is 5.41 Å². The molecule has 0 aliphatic carbocycles. The Balaban J connectivity index is 2.91. The van der Waals surface area contributed by atoms with Gasteiger partial charge in [0.25, 0.3) is 0 Å². The van der Waals surface area contributed by atoms with E-state index in [0.29, 0.717) is 6.54 Å². The summed E-state index contributed by atoms with van der Waals surface area (Å²) in [5.41, 5.74) is -0.181. The molecular formula is C11H22N2O4. The van der Waals surface area contributed by atoms with Crippen LogP contribution in [-0.2, 0) is 14.2 Å². The van der Waals surface area contributed by atoms with E-state index in [4.69, 9.17) is 14.2 Å². The summed E-state index contributed by atoms with van der Waals surface area (Å²) in [7, 11) is 4.74. The van der Waals surface area contributed by atoms with Crippen LogP contribution < -0.4 is 0 Å². The second-order valence-corrected chi connectivity index (χ2v) is 4.86. The number of hydrogen-bond donors (Lipinski definition) is 0. The molecule has 100 valence electrons. The summed E-state index contributed by atoms with van der Waals surface area (Å²) >= 11 is 0. The van der Waals surface area contributed by atoms with Crippen molar-refractivity contribution in [3.05, 3.63) is 0 Å². The number of hydrogen-bond acceptors (Lipinski definition) is 4. The number of nitrogens with zero attached hydrogens (tertiary/aromatic N) is 2. The van der Waals surface area contributed by atoms with Crippen LogP contribution in [0.15, 0.2) is 0 Å². The summed E-state index contributed by atoms with van der Waals surface area (Å²) in [5.74, 6) is 0. The molecule has 6 heteroatoms. The molecule has 1 rings (SSSR count). The van der Waals surface area contributed by atoms with Gasteiger partial charge >= 0.3 is 6.03 Å². The van der Waals surface area contributed by atoms with Crippen LogP contribution in [0.4, 0.5) is 4.79 Å². The van der Waals surface area contributed by atoms with Crippen molar-refractivity contribution in [1.82, 2.24) is 9.80 Å². The number of carbonyl (C=O) groups is 1. The van der Waals surface area contributed by atoms with E-state index in [1.54, 1.807) is 31.1 Å². The Morgan fingerprint density at radius 3 is 2.29 bits per heavy atom. The molecule has 1 unspecified atom stereocenters. The molecule has 6 nitrogen and oxygen atoms in total. The van der Waals surface area contributed by atoms with Crippen molar-refractivity contribution < 1.29 is 19.0 Å². The lowest BCUT2D eigenvalue weighted by Crippen LogP contribution is -2.63. The summed E-state index contributed by atoms with van der Waals surface area (Å²) in [6.45, 7) is 5.19. The van der Waals surface area contributed by atoms with Crippen LogP contribution in [0.5, 0.6) is 0 Å². The maximum absolute atomic E-state index is 12.2. The van der Waals surface area contributed by atoms with Gasteiger partial charge in [-0.25, -0.2) is 4.79 Å². The van der Waals surface area contributed by atoms with Crippen LogP contribution >= 0.6 is 0 Å². The minimum Gasteiger partial charge on any atom is -0.364 e. The largest absolute Gasteiger partial charge is 0.364 e. The van der Waals surface area contributed by atoms with Crippen molar-refractivity contribution in [3.63, 3.8) is 0 Å². The second-order valence-electron chi connectivity index (χ2n) is 4.86. The molecule has 0 radical (unpaired) electrons. The fourth-order valence-corrected chi connectivity index (χ4v) is 2.31. The summed E-state index contributed by atoms with van der Waals surface area (Å²) in [4.78, 5) is 15.4. The first kappa shape index (κ1) is 14.2. The minimum absolute atomic E-state index is 0.125. The first-order chi connectivity index (χ1) is 7.97. The van der Waals surface area contributed by atoms with Gasteiger partial charge in [0.2, 0.25) is 0 Å². The van der Waals surface area contributed by atoms with E-state index in [1.807, 2.05) is 0 Å². The fraction of sp³-hybridized carbons (Fsp3) is 0.909. The third kappa shape index (κ3) is 2.88. The first-order valence-corrected chi connectivity index (χ1v) is 5.54. The first-order valence-electron chi connectivity index (χ1n) is 5.54. The topological polar surface area (TPSA) is 51.2 Å². The lowest BCUT2D eigenvalue weighted by atomic mass is 9.88. The normalized spacial score (nSPS) is 24.3. The van der Waals surface area contributed by atoms with Crippen molar-refractivity contribution in [2.45, 2.75) is 20.1 Å². The molecular weight excluding hydrogens is 224 g/mol. The molecule has 2 amide bonds. The molecule has 17 heavy (non-hydrogen) atoms. The molecule has 0 aromatic rings. The summed E-state index contributed by atoms with van der Waals surface area (Å²) < 4.78 is 15.5. The lowest BCUT2D eigenvalue weighted by Gasteiger charge is -2.48. The SMILES string of the molecule is COCN1CC(C)(C)C(OC)N(COC)C1=O. The predicted molar refractivity (Wildman–Crippen MR) is 62.3 cm³/mol. The zero-order valence-electron chi connectivity index (χ0n) is 11.2. The zero-order chi connectivity index (χ0) is 13.1. The average Bonchev–Trinajstić information content (AvgIpc) is 2.25. The lowest BCUT2D eigenvalue weighted by molar-refractivity contribution is -0.151. The molecule has 0 aromatic heterocycles. The highest BCUT2D eigenvalue weighted by Gasteiger charge is 2.45. The Hall–Kier alpha value is -0.850. The highest BCUT2D eigenvalue weighted by molar-refractivity contribution is 5.75. The average molecular weight is 246 g/mol. The van der Waals surface area contributed by atoms with E-state index >= 15 is 0 Å². The third-order valence-corrected chi connectivity index (χ3v) is 2.84. The molecule has 0 spiro atoms. The van der Waals surface area contributed by atoms with E-state index in [1.165, 1.54) is 0 Å². The number of carbonyl (C=O) groups excluding carboxylic acids is 1. The van der Waals surface area contributed by atoms with Crippen molar-refractivity contribution in [2.24, 2.45) is 5.41 Å². The van der Waals surface area contributed by atoms with Crippen LogP contribution in [-0.4, -0.2) is 63.4 Å². The van der Waals surface area contributed by atoms with Crippen molar-refractivity contribution in [2.75, 3.05) is 41.3 Å². The van der Waals surface area contributed by atoms with Gasteiger partial charge < -0.3 is 19.1 Å². The second kappa shape index (κ2) is 5.66. The molecule has 0 aromatic carbocycles. The van der Waals surface area contributed by atoms with Gasteiger partial charge in [0.05, 0.1) is 0 Å². The Morgan fingerprint density at radius 2 is 1.82 bits per heavy atom. The highest BCUT2D eigenvalue weighted by Crippen LogP contribution is 2.32. The van der Waals surface area contributed by atoms with Gasteiger partial charge in [0.15, 0.2) is 0 Å². The van der Waals surface area contributed by atoms with Gasteiger partial charge in [0.1, 0.15) is 19.7 Å². The van der Waals surface area contributed by atoms with Gasteiger partial charge in [-0.1, -0.05) is 13.8 Å². The minimum atomic E-state index is -0.289. The summed E-state index contributed by atoms with van der Waals surface area (Å²) in [6, 6.07) is -0.125. The number of amides is 2. The molecule has 1 aliphatic rings. The number of urea groups is 1. The maximum Gasteiger partial charge on any atom is 0.325 e. The van der Waals surface area contributed by atoms with E-state index in [9.17, 15) is 4.79 Å². The Morgan fingerprint density at radius 1 is 1.24 bits per heavy atom. The molecule has 1 heterocycles. The molecule has 0 bridgehead atoms. The Labute approximate surface area is 102 Å². The van der Waals surface area contributed by atoms with E-state index in [0.717, 1.165) is 0 Å². The van der Waals surface area contributed by atoms with E-state index in [-0.39, 0.29) is 31.1 Å². The van der Waals surface area contributed by atoms with E-state index in [2.05, 4.69) is 13.8 Å². The quantitative estimate of drug-likeness (QED) is 0.724. The van der Waals surface area contributed by atoms with Gasteiger partial charge in [-0.15, -0.1) is 0 Å². The maximum atomic E-state index is 12.2. The fourth-order valence-electron chi connectivity index (χ4n) is 2.31. The van der Waals surface area contributed by atoms with Gasteiger partial charge in [-0.3, -0.25) is 4.90 Å². The van der Waals surface area contributed by atoms with Gasteiger partial charge in [-0.2, -0.15) is 0 Å². The van der Waals surface area contributed by atoms with Crippen molar-refractivity contribution in [1.29, 1.82) is 0 Å². The number of methoxy groups -OCH3 is 3. The molecule has 1 fully saturated rings. The highest BCUT2D eigenvalue weighted by atomic mass is 16.5. The van der Waals surface area contributed by atoms with Crippen LogP contribution in [0.25, 0.3) is 0 Å². The van der Waals surface area contributed by atoms with Gasteiger partial charge in [-0.05, 0) is 0 Å². The van der Waals surface area contributed by atoms with Gasteiger partial charge in [0, 0.05) is 33.3 Å². The Kier molecular flexibility index (Phi) is 4.73. The molecule has 1 aliphatic heterocycles. The molecule has 0 saturated carbocycles. The number of rotatable bonds is 5. The third-order valence-electron chi connectivity index (χ3n) is 2.84. The Bertz CT molecular complexity index is 270. The van der Waals surface area contributed by atoms with Crippen LogP contribution in [0.2, 0.25) is 0 Å². The van der Waals surface area contributed by atoms with Crippen molar-refractivity contribution in [3.8, 4) is 0 Å². The predicted octanol–water partition coefficient (Wildman–Crippen LogP) is 0.931. The smallest absolute Gasteiger partial charge is 0.325 e.